The first kappa shape index (κ1) is 31.2. The van der Waals surface area contributed by atoms with Crippen molar-refractivity contribution in [2.75, 3.05) is 42.1 Å². The number of carbonyl (C=O) groups excluding carboxylic acids is 2. The summed E-state index contributed by atoms with van der Waals surface area (Å²) in [6.07, 6.45) is 1.47. The Morgan fingerprint density at radius 2 is 1.93 bits per heavy atom. The number of rotatable bonds is 11. The fourth-order valence-electron chi connectivity index (χ4n) is 5.56. The zero-order valence-corrected chi connectivity index (χ0v) is 25.2. The van der Waals surface area contributed by atoms with Crippen LogP contribution < -0.4 is 20.0 Å². The number of alkyl halides is 2. The number of ether oxygens (including phenoxy) is 1. The summed E-state index contributed by atoms with van der Waals surface area (Å²) in [6.45, 7) is 0.0466. The number of halogens is 3. The second-order valence-electron chi connectivity index (χ2n) is 11.2. The number of nitrogens with zero attached hydrogens (tertiary/aromatic N) is 5. The van der Waals surface area contributed by atoms with Crippen molar-refractivity contribution in [3.05, 3.63) is 83.0 Å². The molecule has 0 unspecified atom stereocenters. The van der Waals surface area contributed by atoms with Crippen molar-refractivity contribution in [2.24, 2.45) is 0 Å². The van der Waals surface area contributed by atoms with Crippen LogP contribution in [0.25, 0.3) is 0 Å². The van der Waals surface area contributed by atoms with Gasteiger partial charge in [0.25, 0.3) is 5.92 Å². The summed E-state index contributed by atoms with van der Waals surface area (Å²) in [7, 11) is 3.80. The maximum atomic E-state index is 13.9. The van der Waals surface area contributed by atoms with Gasteiger partial charge in [0.2, 0.25) is 11.8 Å². The summed E-state index contributed by atoms with van der Waals surface area (Å²) >= 11 is 6.62. The molecule has 9 nitrogen and oxygen atoms in total. The standard InChI is InChI=1S/C32H33ClF2N6O3/c1-39(2)23-6-5-7-24(15-23)40(20-44-19-25-10-11-29(42)41(25)28-14-21(18-36)12-13-37-28)30(26-8-3-4-9-27(26)33)31(43)38-22-16-32(34,35)17-22/h3-9,12-15,22,25,30H,10-11,16-17,19-20H2,1-2H3,(H,38,43)/t25-,30-/m0/s1. The zero-order chi connectivity index (χ0) is 31.4. The molecule has 0 radical (unpaired) electrons. The summed E-state index contributed by atoms with van der Waals surface area (Å²) < 4.78 is 33.6. The van der Waals surface area contributed by atoms with Crippen molar-refractivity contribution in [1.29, 1.82) is 5.26 Å². The number of aromatic nitrogens is 1. The molecule has 2 aromatic carbocycles. The lowest BCUT2D eigenvalue weighted by molar-refractivity contribution is -0.130. The van der Waals surface area contributed by atoms with Crippen LogP contribution in [0.1, 0.15) is 42.9 Å². The van der Waals surface area contributed by atoms with Crippen molar-refractivity contribution >= 4 is 40.6 Å². The van der Waals surface area contributed by atoms with Crippen molar-refractivity contribution in [3.63, 3.8) is 0 Å². The van der Waals surface area contributed by atoms with E-state index in [1.165, 1.54) is 6.20 Å². The Morgan fingerprint density at radius 3 is 2.64 bits per heavy atom. The van der Waals surface area contributed by atoms with E-state index in [0.29, 0.717) is 40.5 Å². The van der Waals surface area contributed by atoms with Crippen molar-refractivity contribution in [1.82, 2.24) is 10.3 Å². The highest BCUT2D eigenvalue weighted by molar-refractivity contribution is 6.31. The summed E-state index contributed by atoms with van der Waals surface area (Å²) in [4.78, 5) is 36.2. The van der Waals surface area contributed by atoms with Gasteiger partial charge in [0.15, 0.2) is 0 Å². The van der Waals surface area contributed by atoms with Crippen LogP contribution in [0.15, 0.2) is 66.9 Å². The fourth-order valence-corrected chi connectivity index (χ4v) is 5.80. The van der Waals surface area contributed by atoms with Crippen LogP contribution in [0.3, 0.4) is 0 Å². The Bertz CT molecular complexity index is 1560. The summed E-state index contributed by atoms with van der Waals surface area (Å²) in [5, 5.41) is 12.5. The largest absolute Gasteiger partial charge is 0.378 e. The lowest BCUT2D eigenvalue weighted by Crippen LogP contribution is -2.53. The molecule has 12 heteroatoms. The predicted octanol–water partition coefficient (Wildman–Crippen LogP) is 5.30. The number of hydrogen-bond acceptors (Lipinski definition) is 7. The zero-order valence-electron chi connectivity index (χ0n) is 24.4. The lowest BCUT2D eigenvalue weighted by Gasteiger charge is -2.39. The minimum atomic E-state index is -2.80. The number of nitrogens with one attached hydrogen (secondary N) is 1. The van der Waals surface area contributed by atoms with Crippen LogP contribution in [0.5, 0.6) is 0 Å². The van der Waals surface area contributed by atoms with Crippen molar-refractivity contribution in [3.8, 4) is 6.07 Å². The van der Waals surface area contributed by atoms with E-state index >= 15 is 0 Å². The molecular weight excluding hydrogens is 590 g/mol. The molecule has 2 amide bonds. The molecule has 2 heterocycles. The predicted molar refractivity (Wildman–Crippen MR) is 164 cm³/mol. The molecule has 1 aliphatic carbocycles. The second kappa shape index (κ2) is 13.2. The van der Waals surface area contributed by atoms with Gasteiger partial charge in [0.05, 0.1) is 24.3 Å². The van der Waals surface area contributed by atoms with E-state index in [4.69, 9.17) is 16.3 Å². The van der Waals surface area contributed by atoms with Crippen LogP contribution in [0.4, 0.5) is 26.0 Å². The number of amides is 2. The molecule has 2 atom stereocenters. The van der Waals surface area contributed by atoms with Crippen LogP contribution >= 0.6 is 11.6 Å². The Morgan fingerprint density at radius 1 is 1.18 bits per heavy atom. The van der Waals surface area contributed by atoms with E-state index < -0.39 is 36.8 Å². The molecule has 3 aromatic rings. The number of anilines is 3. The third kappa shape index (κ3) is 6.93. The molecule has 1 N–H and O–H groups in total. The summed E-state index contributed by atoms with van der Waals surface area (Å²) in [5.74, 6) is -3.02. The number of nitriles is 1. The topological polar surface area (TPSA) is 102 Å². The van der Waals surface area contributed by atoms with Gasteiger partial charge in [0, 0.05) is 67.6 Å². The lowest BCUT2D eigenvalue weighted by atomic mass is 9.87. The Labute approximate surface area is 260 Å². The highest BCUT2D eigenvalue weighted by Crippen LogP contribution is 2.39. The van der Waals surface area contributed by atoms with Crippen LogP contribution in [-0.2, 0) is 14.3 Å². The number of benzene rings is 2. The van der Waals surface area contributed by atoms with Crippen LogP contribution in [0, 0.1) is 11.3 Å². The minimum Gasteiger partial charge on any atom is -0.378 e. The Kier molecular flexibility index (Phi) is 9.32. The van der Waals surface area contributed by atoms with E-state index in [0.717, 1.165) is 5.69 Å². The molecule has 230 valence electrons. The van der Waals surface area contributed by atoms with Crippen molar-refractivity contribution < 1.29 is 23.1 Å². The smallest absolute Gasteiger partial charge is 0.252 e. The first-order valence-corrected chi connectivity index (χ1v) is 14.7. The highest BCUT2D eigenvalue weighted by atomic mass is 35.5. The monoisotopic (exact) mass is 622 g/mol. The van der Waals surface area contributed by atoms with Crippen LogP contribution in [0.2, 0.25) is 5.02 Å². The van der Waals surface area contributed by atoms with Gasteiger partial charge in [-0.25, -0.2) is 13.8 Å². The summed E-state index contributed by atoms with van der Waals surface area (Å²) in [6, 6.07) is 17.6. The van der Waals surface area contributed by atoms with Gasteiger partial charge in [-0.1, -0.05) is 35.9 Å². The number of carbonyl (C=O) groups is 2. The average Bonchev–Trinajstić information content (AvgIpc) is 3.36. The van der Waals surface area contributed by atoms with E-state index in [1.54, 1.807) is 46.2 Å². The third-order valence-corrected chi connectivity index (χ3v) is 8.21. The third-order valence-electron chi connectivity index (χ3n) is 7.86. The van der Waals surface area contributed by atoms with Gasteiger partial charge in [-0.3, -0.25) is 14.5 Å². The molecule has 1 aliphatic heterocycles. The SMILES string of the molecule is CN(C)c1cccc(N(COC[C@@H]2CCC(=O)N2c2cc(C#N)ccn2)[C@H](C(=O)NC2CC(F)(F)C2)c2ccccc2Cl)c1. The molecule has 2 fully saturated rings. The molecule has 1 saturated carbocycles. The van der Waals surface area contributed by atoms with Crippen molar-refractivity contribution in [2.45, 2.75) is 49.7 Å². The highest BCUT2D eigenvalue weighted by Gasteiger charge is 2.47. The first-order valence-electron chi connectivity index (χ1n) is 14.3. The molecule has 2 aliphatic rings. The van der Waals surface area contributed by atoms with Gasteiger partial charge in [-0.05, 0) is 42.8 Å². The van der Waals surface area contributed by atoms with Gasteiger partial charge in [-0.15, -0.1) is 0 Å². The summed E-state index contributed by atoms with van der Waals surface area (Å²) in [5.41, 5.74) is 2.41. The van der Waals surface area contributed by atoms with Gasteiger partial charge < -0.3 is 19.9 Å². The molecule has 0 spiro atoms. The van der Waals surface area contributed by atoms with Gasteiger partial charge in [-0.2, -0.15) is 5.26 Å². The molecule has 1 aromatic heterocycles. The molecule has 1 saturated heterocycles. The molecule has 44 heavy (non-hydrogen) atoms. The van der Waals surface area contributed by atoms with E-state index in [-0.39, 0.29) is 25.3 Å². The quantitative estimate of drug-likeness (QED) is 0.290. The van der Waals surface area contributed by atoms with E-state index in [2.05, 4.69) is 16.4 Å². The normalized spacial score (nSPS) is 18.3. The maximum Gasteiger partial charge on any atom is 0.252 e. The number of hydrogen-bond donors (Lipinski definition) is 1. The van der Waals surface area contributed by atoms with E-state index in [9.17, 15) is 23.6 Å². The first-order chi connectivity index (χ1) is 21.1. The van der Waals surface area contributed by atoms with Crippen LogP contribution in [-0.4, -0.2) is 62.2 Å². The maximum absolute atomic E-state index is 13.9. The molecule has 0 bridgehead atoms. The second-order valence-corrected chi connectivity index (χ2v) is 11.7. The van der Waals surface area contributed by atoms with E-state index in [1.807, 2.05) is 43.3 Å². The Hall–Kier alpha value is -4.27. The minimum absolute atomic E-state index is 0.0782. The molecular formula is C32H33ClF2N6O3. The fraction of sp³-hybridized carbons (Fsp3) is 0.375. The Balaban J connectivity index is 1.44. The number of pyridine rings is 1. The molecule has 5 rings (SSSR count). The van der Waals surface area contributed by atoms with Gasteiger partial charge in [0.1, 0.15) is 18.6 Å². The average molecular weight is 623 g/mol. The van der Waals surface area contributed by atoms with Gasteiger partial charge >= 0.3 is 0 Å².